The van der Waals surface area contributed by atoms with Gasteiger partial charge in [-0.05, 0) is 36.2 Å². The minimum Gasteiger partial charge on any atom is -0.493 e. The maximum absolute atomic E-state index is 13.1. The highest BCUT2D eigenvalue weighted by atomic mass is 16.6. The van der Waals surface area contributed by atoms with E-state index in [4.69, 9.17) is 23.7 Å². The number of esters is 1. The Bertz CT molecular complexity index is 1130. The van der Waals surface area contributed by atoms with Crippen molar-refractivity contribution >= 4 is 17.8 Å². The van der Waals surface area contributed by atoms with Crippen molar-refractivity contribution in [1.29, 1.82) is 0 Å². The molecule has 2 amide bonds. The van der Waals surface area contributed by atoms with Gasteiger partial charge in [0.05, 0.1) is 28.4 Å². The first kappa shape index (κ1) is 23.2. The Hall–Kier alpha value is -3.95. The van der Waals surface area contributed by atoms with Crippen LogP contribution in [-0.2, 0) is 20.9 Å². The molecular weight excluding hydrogens is 444 g/mol. The lowest BCUT2D eigenvalue weighted by atomic mass is 10.0. The number of nitrogens with one attached hydrogen (secondary N) is 1. The fourth-order valence-electron chi connectivity index (χ4n) is 4.34. The lowest BCUT2D eigenvalue weighted by Crippen LogP contribution is -2.46. The molecule has 2 aromatic carbocycles. The van der Waals surface area contributed by atoms with Crippen LogP contribution >= 0.6 is 0 Å². The average Bonchev–Trinajstić information content (AvgIpc) is 3.40. The largest absolute Gasteiger partial charge is 0.493 e. The molecule has 1 saturated heterocycles. The number of rotatable bonds is 8. The summed E-state index contributed by atoms with van der Waals surface area (Å²) in [5.41, 5.74) is 1.45. The van der Waals surface area contributed by atoms with Gasteiger partial charge in [0.25, 0.3) is 0 Å². The van der Waals surface area contributed by atoms with Gasteiger partial charge in [0.2, 0.25) is 18.0 Å². The van der Waals surface area contributed by atoms with Gasteiger partial charge in [-0.15, -0.1) is 0 Å². The van der Waals surface area contributed by atoms with Crippen molar-refractivity contribution in [3.05, 3.63) is 47.0 Å². The Morgan fingerprint density at radius 1 is 1.00 bits per heavy atom. The molecule has 4 rings (SSSR count). The second kappa shape index (κ2) is 9.50. The Kier molecular flexibility index (Phi) is 6.49. The van der Waals surface area contributed by atoms with Crippen LogP contribution in [0.25, 0.3) is 0 Å². The molecule has 10 heteroatoms. The zero-order valence-corrected chi connectivity index (χ0v) is 19.4. The van der Waals surface area contributed by atoms with Crippen molar-refractivity contribution < 1.29 is 38.1 Å². The molecule has 1 fully saturated rings. The van der Waals surface area contributed by atoms with Crippen LogP contribution in [0.5, 0.6) is 23.0 Å². The second-order valence-corrected chi connectivity index (χ2v) is 7.79. The van der Waals surface area contributed by atoms with Gasteiger partial charge < -0.3 is 29.0 Å². The van der Waals surface area contributed by atoms with Crippen molar-refractivity contribution in [3.63, 3.8) is 0 Å². The zero-order chi connectivity index (χ0) is 24.4. The van der Waals surface area contributed by atoms with Gasteiger partial charge in [-0.25, -0.2) is 4.79 Å². The smallest absolute Gasteiger partial charge is 0.344 e. The number of carbonyl (C=O) groups excluding carboxylic acids is 3. The van der Waals surface area contributed by atoms with Crippen LogP contribution in [0.15, 0.2) is 30.3 Å². The third-order valence-corrected chi connectivity index (χ3v) is 5.99. The molecule has 2 atom stereocenters. The summed E-state index contributed by atoms with van der Waals surface area (Å²) in [6.07, 6.45) is -0.535. The quantitative estimate of drug-likeness (QED) is 0.585. The molecular formula is C24H26N2O8. The van der Waals surface area contributed by atoms with E-state index in [2.05, 4.69) is 5.32 Å². The molecule has 2 aliphatic rings. The number of methoxy groups -OCH3 is 4. The Morgan fingerprint density at radius 3 is 2.38 bits per heavy atom. The van der Waals surface area contributed by atoms with Crippen LogP contribution in [0, 0.1) is 0 Å². The maximum Gasteiger partial charge on any atom is 0.344 e. The first-order chi connectivity index (χ1) is 16.4. The van der Waals surface area contributed by atoms with Gasteiger partial charge in [-0.2, -0.15) is 0 Å². The van der Waals surface area contributed by atoms with E-state index in [9.17, 15) is 14.4 Å². The molecule has 0 saturated carbocycles. The van der Waals surface area contributed by atoms with Gasteiger partial charge in [0.15, 0.2) is 23.0 Å². The minimum atomic E-state index is -1.02. The van der Waals surface area contributed by atoms with Gasteiger partial charge in [0, 0.05) is 18.5 Å². The molecule has 10 nitrogen and oxygen atoms in total. The molecule has 180 valence electrons. The summed E-state index contributed by atoms with van der Waals surface area (Å²) in [7, 11) is 5.97. The maximum atomic E-state index is 13.1. The molecule has 2 aromatic rings. The number of carbonyl (C=O) groups is 3. The summed E-state index contributed by atoms with van der Waals surface area (Å²) in [5, 5.41) is 2.87. The van der Waals surface area contributed by atoms with Crippen LogP contribution in [0.2, 0.25) is 0 Å². The topological polar surface area (TPSA) is 113 Å². The predicted octanol–water partition coefficient (Wildman–Crippen LogP) is 2.20. The van der Waals surface area contributed by atoms with Crippen molar-refractivity contribution in [1.82, 2.24) is 10.2 Å². The number of fused-ring (bicyclic) bond motifs is 1. The highest BCUT2D eigenvalue weighted by Crippen LogP contribution is 2.45. The molecule has 0 aromatic heterocycles. The molecule has 0 spiro atoms. The summed E-state index contributed by atoms with van der Waals surface area (Å²) >= 11 is 0. The zero-order valence-electron chi connectivity index (χ0n) is 19.4. The average molecular weight is 470 g/mol. The highest BCUT2D eigenvalue weighted by Gasteiger charge is 2.47. The SMILES string of the molecule is COc1ccc(CNC(=O)C2CCC(=O)N2C2OC(=O)c3c2ccc(OC)c3OC)cc1OC. The van der Waals surface area contributed by atoms with E-state index in [-0.39, 0.29) is 36.1 Å². The van der Waals surface area contributed by atoms with E-state index in [1.54, 1.807) is 31.4 Å². The number of hydrogen-bond acceptors (Lipinski definition) is 8. The molecule has 0 bridgehead atoms. The highest BCUT2D eigenvalue weighted by molar-refractivity contribution is 5.99. The number of likely N-dealkylation sites (tertiary alicyclic amines) is 1. The molecule has 0 aliphatic carbocycles. The van der Waals surface area contributed by atoms with Crippen molar-refractivity contribution in [3.8, 4) is 23.0 Å². The van der Waals surface area contributed by atoms with Gasteiger partial charge >= 0.3 is 5.97 Å². The van der Waals surface area contributed by atoms with E-state index in [1.165, 1.54) is 26.2 Å². The monoisotopic (exact) mass is 470 g/mol. The standard InChI is InChI=1S/C24H26N2O8/c1-30-16-8-5-13(11-18(16)32-3)12-25-22(28)15-7-10-19(27)26(15)23-14-6-9-17(31-2)21(33-4)20(14)24(29)34-23/h5-6,8-9,11,15,23H,7,10,12H2,1-4H3,(H,25,28). The van der Waals surface area contributed by atoms with Crippen LogP contribution in [-0.4, -0.2) is 57.2 Å². The van der Waals surface area contributed by atoms with E-state index >= 15 is 0 Å². The fourth-order valence-corrected chi connectivity index (χ4v) is 4.34. The van der Waals surface area contributed by atoms with Gasteiger partial charge in [-0.1, -0.05) is 6.07 Å². The predicted molar refractivity (Wildman–Crippen MR) is 119 cm³/mol. The van der Waals surface area contributed by atoms with Crippen LogP contribution in [0.1, 0.15) is 40.6 Å². The number of nitrogens with zero attached hydrogens (tertiary/aromatic N) is 1. The molecule has 1 N–H and O–H groups in total. The Balaban J connectivity index is 1.55. The Labute approximate surface area is 196 Å². The number of cyclic esters (lactones) is 1. The first-order valence-electron chi connectivity index (χ1n) is 10.7. The normalized spacial score (nSPS) is 18.9. The molecule has 34 heavy (non-hydrogen) atoms. The number of hydrogen-bond donors (Lipinski definition) is 1. The molecule has 2 unspecified atom stereocenters. The van der Waals surface area contributed by atoms with Crippen molar-refractivity contribution in [2.24, 2.45) is 0 Å². The first-order valence-corrected chi connectivity index (χ1v) is 10.7. The van der Waals surface area contributed by atoms with E-state index < -0.39 is 18.2 Å². The summed E-state index contributed by atoms with van der Waals surface area (Å²) in [6, 6.07) is 7.83. The Morgan fingerprint density at radius 2 is 1.71 bits per heavy atom. The number of benzene rings is 2. The summed E-state index contributed by atoms with van der Waals surface area (Å²) < 4.78 is 26.7. The fraction of sp³-hybridized carbons (Fsp3) is 0.375. The van der Waals surface area contributed by atoms with Crippen LogP contribution < -0.4 is 24.3 Å². The molecule has 2 aliphatic heterocycles. The van der Waals surface area contributed by atoms with E-state index in [0.717, 1.165) is 5.56 Å². The lowest BCUT2D eigenvalue weighted by molar-refractivity contribution is -0.145. The third-order valence-electron chi connectivity index (χ3n) is 5.99. The van der Waals surface area contributed by atoms with Gasteiger partial charge in [0.1, 0.15) is 11.6 Å². The minimum absolute atomic E-state index is 0.172. The van der Waals surface area contributed by atoms with E-state index in [0.29, 0.717) is 29.2 Å². The summed E-state index contributed by atoms with van der Waals surface area (Å²) in [4.78, 5) is 39.8. The number of ether oxygens (including phenoxy) is 5. The lowest BCUT2D eigenvalue weighted by Gasteiger charge is -2.29. The molecule has 2 heterocycles. The second-order valence-electron chi connectivity index (χ2n) is 7.79. The van der Waals surface area contributed by atoms with Crippen LogP contribution in [0.4, 0.5) is 0 Å². The van der Waals surface area contributed by atoms with Crippen molar-refractivity contribution in [2.45, 2.75) is 31.7 Å². The van der Waals surface area contributed by atoms with E-state index in [1.807, 2.05) is 6.07 Å². The van der Waals surface area contributed by atoms with Gasteiger partial charge in [-0.3, -0.25) is 14.5 Å². The number of amides is 2. The van der Waals surface area contributed by atoms with Crippen molar-refractivity contribution in [2.75, 3.05) is 28.4 Å². The van der Waals surface area contributed by atoms with Crippen LogP contribution in [0.3, 0.4) is 0 Å². The summed E-state index contributed by atoms with van der Waals surface area (Å²) in [6.45, 7) is 0.226. The summed E-state index contributed by atoms with van der Waals surface area (Å²) in [5.74, 6) is 0.478. The molecule has 0 radical (unpaired) electrons. The third kappa shape index (κ3) is 3.95.